The molecule has 4 heteroatoms. The number of aliphatic hydroxyl groups is 1. The molecule has 0 radical (unpaired) electrons. The summed E-state index contributed by atoms with van der Waals surface area (Å²) in [6, 6.07) is 6.45. The van der Waals surface area contributed by atoms with E-state index in [0.29, 0.717) is 6.04 Å². The van der Waals surface area contributed by atoms with E-state index < -0.39 is 6.10 Å². The topological polar surface area (TPSA) is 26.7 Å². The molecule has 1 N–H and O–H groups in total. The second-order valence-corrected chi connectivity index (χ2v) is 5.78. The van der Waals surface area contributed by atoms with Crippen molar-refractivity contribution in [2.75, 3.05) is 31.6 Å². The largest absolute Gasteiger partial charge is 0.389 e. The SMILES string of the molecule is CCC1CN(c2ccc(C(C)O)cc2Cl)CCN1C. The summed E-state index contributed by atoms with van der Waals surface area (Å²) in [7, 11) is 2.18. The first-order chi connectivity index (χ1) is 9.02. The van der Waals surface area contributed by atoms with Crippen LogP contribution in [0.15, 0.2) is 18.2 Å². The zero-order chi connectivity index (χ0) is 14.0. The quantitative estimate of drug-likeness (QED) is 0.923. The van der Waals surface area contributed by atoms with Crippen LogP contribution in [0.1, 0.15) is 31.9 Å². The molecular weight excluding hydrogens is 260 g/mol. The fraction of sp³-hybridized carbons (Fsp3) is 0.600. The van der Waals surface area contributed by atoms with Gasteiger partial charge in [0.15, 0.2) is 0 Å². The first kappa shape index (κ1) is 14.6. The van der Waals surface area contributed by atoms with Gasteiger partial charge in [-0.15, -0.1) is 0 Å². The third-order valence-electron chi connectivity index (χ3n) is 4.04. The lowest BCUT2D eigenvalue weighted by Gasteiger charge is -2.40. The summed E-state index contributed by atoms with van der Waals surface area (Å²) in [6.07, 6.45) is 0.679. The number of likely N-dealkylation sites (N-methyl/N-ethyl adjacent to an activating group) is 1. The Bertz CT molecular complexity index is 436. The number of hydrogen-bond donors (Lipinski definition) is 1. The number of rotatable bonds is 3. The Labute approximate surface area is 120 Å². The molecule has 1 aromatic rings. The molecule has 1 fully saturated rings. The van der Waals surface area contributed by atoms with E-state index >= 15 is 0 Å². The molecule has 106 valence electrons. The highest BCUT2D eigenvalue weighted by Crippen LogP contribution is 2.30. The van der Waals surface area contributed by atoms with Crippen LogP contribution in [0.5, 0.6) is 0 Å². The Morgan fingerprint density at radius 2 is 2.16 bits per heavy atom. The Morgan fingerprint density at radius 3 is 2.74 bits per heavy atom. The van der Waals surface area contributed by atoms with Crippen LogP contribution in [0.2, 0.25) is 5.02 Å². The van der Waals surface area contributed by atoms with Gasteiger partial charge in [0, 0.05) is 25.7 Å². The maximum Gasteiger partial charge on any atom is 0.0762 e. The van der Waals surface area contributed by atoms with Crippen LogP contribution < -0.4 is 4.90 Å². The maximum atomic E-state index is 9.59. The second kappa shape index (κ2) is 6.12. The number of piperazine rings is 1. The highest BCUT2D eigenvalue weighted by Gasteiger charge is 2.24. The summed E-state index contributed by atoms with van der Waals surface area (Å²) in [5, 5.41) is 10.3. The van der Waals surface area contributed by atoms with Gasteiger partial charge in [0.25, 0.3) is 0 Å². The molecule has 0 bridgehead atoms. The molecule has 1 saturated heterocycles. The summed E-state index contributed by atoms with van der Waals surface area (Å²) < 4.78 is 0. The average molecular weight is 283 g/mol. The molecule has 0 amide bonds. The third-order valence-corrected chi connectivity index (χ3v) is 4.35. The van der Waals surface area contributed by atoms with Gasteiger partial charge in [-0.2, -0.15) is 0 Å². The van der Waals surface area contributed by atoms with Gasteiger partial charge in [-0.3, -0.25) is 4.90 Å². The van der Waals surface area contributed by atoms with Crippen LogP contribution >= 0.6 is 11.6 Å². The summed E-state index contributed by atoms with van der Waals surface area (Å²) in [6.45, 7) is 7.06. The third kappa shape index (κ3) is 3.22. The van der Waals surface area contributed by atoms with Crippen LogP contribution in [-0.4, -0.2) is 42.7 Å². The molecule has 2 rings (SSSR count). The van der Waals surface area contributed by atoms with Gasteiger partial charge < -0.3 is 10.0 Å². The number of anilines is 1. The minimum atomic E-state index is -0.470. The Balaban J connectivity index is 2.18. The van der Waals surface area contributed by atoms with Gasteiger partial charge in [0.05, 0.1) is 16.8 Å². The molecule has 0 spiro atoms. The molecule has 3 nitrogen and oxygen atoms in total. The normalized spacial score (nSPS) is 22.6. The molecular formula is C15H23ClN2O. The van der Waals surface area contributed by atoms with Gasteiger partial charge in [-0.05, 0) is 38.1 Å². The summed E-state index contributed by atoms with van der Waals surface area (Å²) >= 11 is 6.37. The summed E-state index contributed by atoms with van der Waals surface area (Å²) in [5.74, 6) is 0. The molecule has 2 atom stereocenters. The van der Waals surface area contributed by atoms with Crippen molar-refractivity contribution in [3.63, 3.8) is 0 Å². The molecule has 2 unspecified atom stereocenters. The van der Waals surface area contributed by atoms with Crippen LogP contribution in [0, 0.1) is 0 Å². The Hall–Kier alpha value is -0.770. The van der Waals surface area contributed by atoms with E-state index in [4.69, 9.17) is 11.6 Å². The fourth-order valence-electron chi connectivity index (χ4n) is 2.65. The van der Waals surface area contributed by atoms with Crippen molar-refractivity contribution in [2.45, 2.75) is 32.4 Å². The summed E-state index contributed by atoms with van der Waals surface area (Å²) in [5.41, 5.74) is 1.95. The predicted molar refractivity (Wildman–Crippen MR) is 81.0 cm³/mol. The maximum absolute atomic E-state index is 9.59. The van der Waals surface area contributed by atoms with E-state index in [1.165, 1.54) is 0 Å². The molecule has 19 heavy (non-hydrogen) atoms. The number of halogens is 1. The predicted octanol–water partition coefficient (Wildman–Crippen LogP) is 2.92. The fourth-order valence-corrected chi connectivity index (χ4v) is 2.95. The Morgan fingerprint density at radius 1 is 1.42 bits per heavy atom. The highest BCUT2D eigenvalue weighted by molar-refractivity contribution is 6.33. The van der Waals surface area contributed by atoms with Gasteiger partial charge in [0.2, 0.25) is 0 Å². The van der Waals surface area contributed by atoms with Gasteiger partial charge in [-0.25, -0.2) is 0 Å². The number of aliphatic hydroxyl groups excluding tert-OH is 1. The standard InChI is InChI=1S/C15H23ClN2O/c1-4-13-10-18(8-7-17(13)3)15-6-5-12(11(2)19)9-14(15)16/h5-6,9,11,13,19H,4,7-8,10H2,1-3H3. The van der Waals surface area contributed by atoms with Crippen molar-refractivity contribution in [2.24, 2.45) is 0 Å². The van der Waals surface area contributed by atoms with Crippen molar-refractivity contribution < 1.29 is 5.11 Å². The van der Waals surface area contributed by atoms with E-state index in [2.05, 4.69) is 23.8 Å². The molecule has 1 heterocycles. The molecule has 1 aromatic carbocycles. The number of nitrogens with zero attached hydrogens (tertiary/aromatic N) is 2. The van der Waals surface area contributed by atoms with E-state index in [1.807, 2.05) is 18.2 Å². The van der Waals surface area contributed by atoms with Gasteiger partial charge in [0.1, 0.15) is 0 Å². The van der Waals surface area contributed by atoms with Crippen molar-refractivity contribution >= 4 is 17.3 Å². The smallest absolute Gasteiger partial charge is 0.0762 e. The zero-order valence-electron chi connectivity index (χ0n) is 11.9. The van der Waals surface area contributed by atoms with Gasteiger partial charge >= 0.3 is 0 Å². The van der Waals surface area contributed by atoms with Crippen molar-refractivity contribution in [3.8, 4) is 0 Å². The van der Waals surface area contributed by atoms with E-state index in [9.17, 15) is 5.11 Å². The Kier molecular flexibility index (Phi) is 4.71. The lowest BCUT2D eigenvalue weighted by atomic mass is 10.1. The van der Waals surface area contributed by atoms with E-state index in [0.717, 1.165) is 42.3 Å². The minimum absolute atomic E-state index is 0.470. The molecule has 0 aliphatic carbocycles. The molecule has 0 aromatic heterocycles. The highest BCUT2D eigenvalue weighted by atomic mass is 35.5. The van der Waals surface area contributed by atoms with Crippen molar-refractivity contribution in [1.29, 1.82) is 0 Å². The number of benzene rings is 1. The number of hydrogen-bond acceptors (Lipinski definition) is 3. The van der Waals surface area contributed by atoms with Crippen molar-refractivity contribution in [1.82, 2.24) is 4.90 Å². The van der Waals surface area contributed by atoms with Gasteiger partial charge in [-0.1, -0.05) is 24.6 Å². The average Bonchev–Trinajstić information content (AvgIpc) is 2.39. The molecule has 1 aliphatic rings. The van der Waals surface area contributed by atoms with Crippen molar-refractivity contribution in [3.05, 3.63) is 28.8 Å². The minimum Gasteiger partial charge on any atom is -0.389 e. The van der Waals surface area contributed by atoms with Crippen LogP contribution in [0.3, 0.4) is 0 Å². The second-order valence-electron chi connectivity index (χ2n) is 5.38. The monoisotopic (exact) mass is 282 g/mol. The summed E-state index contributed by atoms with van der Waals surface area (Å²) in [4.78, 5) is 4.76. The van der Waals surface area contributed by atoms with E-state index in [1.54, 1.807) is 6.92 Å². The first-order valence-corrected chi connectivity index (χ1v) is 7.33. The van der Waals surface area contributed by atoms with Crippen LogP contribution in [0.4, 0.5) is 5.69 Å². The van der Waals surface area contributed by atoms with Crippen LogP contribution in [0.25, 0.3) is 0 Å². The molecule has 1 aliphatic heterocycles. The first-order valence-electron chi connectivity index (χ1n) is 6.95. The lowest BCUT2D eigenvalue weighted by Crippen LogP contribution is -2.51. The zero-order valence-corrected chi connectivity index (χ0v) is 12.7. The van der Waals surface area contributed by atoms with Crippen LogP contribution in [-0.2, 0) is 0 Å². The lowest BCUT2D eigenvalue weighted by molar-refractivity contribution is 0.199. The van der Waals surface area contributed by atoms with E-state index in [-0.39, 0.29) is 0 Å². The molecule has 0 saturated carbocycles.